The van der Waals surface area contributed by atoms with Crippen LogP contribution in [-0.4, -0.2) is 0 Å². The lowest BCUT2D eigenvalue weighted by Crippen LogP contribution is -2.13. The highest BCUT2D eigenvalue weighted by molar-refractivity contribution is 9.10. The van der Waals surface area contributed by atoms with E-state index in [1.807, 2.05) is 6.07 Å². The molecule has 1 nitrogen and oxygen atoms in total. The van der Waals surface area contributed by atoms with Gasteiger partial charge >= 0.3 is 0 Å². The molecule has 0 radical (unpaired) electrons. The van der Waals surface area contributed by atoms with E-state index < -0.39 is 5.41 Å². The van der Waals surface area contributed by atoms with Crippen LogP contribution < -0.4 is 0 Å². The summed E-state index contributed by atoms with van der Waals surface area (Å²) < 4.78 is 30.9. The zero-order chi connectivity index (χ0) is 12.7. The van der Waals surface area contributed by atoms with Crippen molar-refractivity contribution in [3.05, 3.63) is 34.2 Å². The second kappa shape index (κ2) is 3.28. The van der Waals surface area contributed by atoms with Crippen LogP contribution in [0.25, 0.3) is 0 Å². The van der Waals surface area contributed by atoms with Gasteiger partial charge in [0.25, 0.3) is 0 Å². The first kappa shape index (κ1) is 5.04. The van der Waals surface area contributed by atoms with Gasteiger partial charge in [-0.15, -0.1) is 0 Å². The minimum atomic E-state index is -1.04. The van der Waals surface area contributed by atoms with Crippen molar-refractivity contribution in [3.8, 4) is 6.07 Å². The van der Waals surface area contributed by atoms with Crippen molar-refractivity contribution in [2.75, 3.05) is 0 Å². The molecule has 0 atom stereocenters. The molecule has 0 saturated heterocycles. The highest BCUT2D eigenvalue weighted by Crippen LogP contribution is 2.23. The molecule has 0 amide bonds. The molecule has 1 rings (SSSR count). The molecule has 0 aliphatic carbocycles. The van der Waals surface area contributed by atoms with Crippen molar-refractivity contribution in [1.82, 2.24) is 0 Å². The molecule has 62 valence electrons. The van der Waals surface area contributed by atoms with E-state index in [2.05, 4.69) is 15.9 Å². The lowest BCUT2D eigenvalue weighted by molar-refractivity contribution is 0.687. The molecule has 2 heteroatoms. The Morgan fingerprint density at radius 1 is 1.42 bits per heavy atom. The summed E-state index contributed by atoms with van der Waals surface area (Å²) in [6.07, 6.45) is 0. The minimum absolute atomic E-state index is 0.125. The summed E-state index contributed by atoms with van der Waals surface area (Å²) in [5.74, 6) is 0. The fourth-order valence-electron chi connectivity index (χ4n) is 0.666. The van der Waals surface area contributed by atoms with E-state index in [0.29, 0.717) is 0 Å². The monoisotopic (exact) mass is 227 g/mol. The summed E-state index contributed by atoms with van der Waals surface area (Å²) in [4.78, 5) is 0. The van der Waals surface area contributed by atoms with E-state index in [-0.39, 0.29) is 34.2 Å². The van der Waals surface area contributed by atoms with Crippen LogP contribution in [-0.2, 0) is 5.41 Å². The lowest BCUT2D eigenvalue weighted by Gasteiger charge is -2.15. The van der Waals surface area contributed by atoms with Gasteiger partial charge in [0.2, 0.25) is 0 Å². The van der Waals surface area contributed by atoms with Crippen molar-refractivity contribution in [2.45, 2.75) is 19.3 Å². The number of nitriles is 1. The quantitative estimate of drug-likeness (QED) is 0.723. The molecule has 1 aromatic carbocycles. The zero-order valence-electron chi connectivity index (χ0n) is 10.8. The molecule has 0 aliphatic heterocycles. The van der Waals surface area contributed by atoms with E-state index in [0.717, 1.165) is 0 Å². The van der Waals surface area contributed by atoms with E-state index in [9.17, 15) is 0 Å². The van der Waals surface area contributed by atoms with Crippen molar-refractivity contribution < 1.29 is 5.48 Å². The van der Waals surface area contributed by atoms with Crippen LogP contribution in [0.1, 0.15) is 24.9 Å². The molecule has 0 N–H and O–H groups in total. The third-order valence-corrected chi connectivity index (χ3v) is 1.90. The lowest BCUT2D eigenvalue weighted by atomic mass is 9.87. The maximum absolute atomic E-state index is 9.00. The van der Waals surface area contributed by atoms with Crippen LogP contribution in [0.5, 0.6) is 0 Å². The summed E-state index contributed by atoms with van der Waals surface area (Å²) in [6.45, 7) is 3.15. The Morgan fingerprint density at radius 2 is 1.92 bits per heavy atom. The van der Waals surface area contributed by atoms with E-state index >= 15 is 0 Å². The average Bonchev–Trinajstić information content (AvgIpc) is 2.23. The molecule has 1 aromatic rings. The molecule has 0 bridgehead atoms. The minimum Gasteiger partial charge on any atom is -0.197 e. The van der Waals surface area contributed by atoms with Crippen molar-refractivity contribution in [2.24, 2.45) is 0 Å². The van der Waals surface area contributed by atoms with Gasteiger partial charge in [-0.2, -0.15) is 5.26 Å². The number of hydrogen-bond acceptors (Lipinski definition) is 1. The molecule has 0 heterocycles. The number of halogens is 1. The Hall–Kier alpha value is -0.810. The highest BCUT2D eigenvalue weighted by atomic mass is 79.9. The molecule has 0 saturated carbocycles. The summed E-state index contributed by atoms with van der Waals surface area (Å²) >= 11 is 3.01. The van der Waals surface area contributed by atoms with Gasteiger partial charge in [-0.1, -0.05) is 28.0 Å². The van der Waals surface area contributed by atoms with Gasteiger partial charge in [0.05, 0.1) is 17.0 Å². The summed E-state index contributed by atoms with van der Waals surface area (Å²) in [7, 11) is 0. The van der Waals surface area contributed by atoms with E-state index in [1.165, 1.54) is 0 Å². The van der Waals surface area contributed by atoms with Gasteiger partial charge < -0.3 is 0 Å². The fourth-order valence-corrected chi connectivity index (χ4v) is 0.864. The van der Waals surface area contributed by atoms with Gasteiger partial charge in [-0.3, -0.25) is 0 Å². The molecule has 12 heavy (non-hydrogen) atoms. The molecule has 0 unspecified atom stereocenters. The summed E-state index contributed by atoms with van der Waals surface area (Å²) in [5, 5.41) is 9.00. The van der Waals surface area contributed by atoms with Crippen molar-refractivity contribution in [3.63, 3.8) is 0 Å². The summed E-state index contributed by atoms with van der Waals surface area (Å²) in [5.41, 5.74) is -0.909. The van der Waals surface area contributed by atoms with E-state index in [1.54, 1.807) is 13.8 Å². The Bertz CT molecular complexity index is 462. The molecule has 0 aromatic heterocycles. The van der Waals surface area contributed by atoms with Crippen molar-refractivity contribution in [1.29, 1.82) is 5.26 Å². The van der Waals surface area contributed by atoms with Crippen LogP contribution in [0.3, 0.4) is 0 Å². The van der Waals surface area contributed by atoms with Crippen LogP contribution in [0, 0.1) is 11.3 Å². The topological polar surface area (TPSA) is 23.8 Å². The Kier molecular flexibility index (Phi) is 1.38. The molecular weight excluding hydrogens is 214 g/mol. The van der Waals surface area contributed by atoms with Gasteiger partial charge in [-0.25, -0.2) is 0 Å². The maximum atomic E-state index is 9.00. The smallest absolute Gasteiger partial charge is 0.0766 e. The van der Waals surface area contributed by atoms with Crippen LogP contribution in [0.4, 0.5) is 0 Å². The third-order valence-electron chi connectivity index (χ3n) is 1.50. The molecular formula is C10H10BrN. The zero-order valence-corrected chi connectivity index (χ0v) is 8.41. The average molecular weight is 228 g/mol. The van der Waals surface area contributed by atoms with Crippen LogP contribution in [0.2, 0.25) is 0 Å². The first-order valence-corrected chi connectivity index (χ1v) is 4.21. The predicted octanol–water partition coefficient (Wildman–Crippen LogP) is 3.25. The van der Waals surface area contributed by atoms with Gasteiger partial charge in [-0.05, 0) is 31.5 Å². The first-order chi connectivity index (χ1) is 7.24. The van der Waals surface area contributed by atoms with Crippen LogP contribution in [0.15, 0.2) is 28.6 Å². The normalized spacial score (nSPS) is 15.5. The maximum Gasteiger partial charge on any atom is 0.0766 e. The standard InChI is InChI=1S/C10H10BrN/c1-10(2,7-12)8-3-5-9(11)6-4-8/h3-6H,1-2H3/i3D,4D,5D,6D. The SMILES string of the molecule is [2H]c1c([2H])c(C(C)(C)C#N)c([2H])c([2H])c1Br. The molecule has 0 aliphatic rings. The first-order valence-electron chi connectivity index (χ1n) is 5.41. The number of rotatable bonds is 1. The Morgan fingerprint density at radius 3 is 2.33 bits per heavy atom. The van der Waals surface area contributed by atoms with Gasteiger partial charge in [0.15, 0.2) is 0 Å². The van der Waals surface area contributed by atoms with E-state index in [4.69, 9.17) is 10.7 Å². The second-order valence-electron chi connectivity index (χ2n) is 2.93. The highest BCUT2D eigenvalue weighted by Gasteiger charge is 2.18. The second-order valence-corrected chi connectivity index (χ2v) is 3.72. The van der Waals surface area contributed by atoms with Gasteiger partial charge in [0.1, 0.15) is 0 Å². The number of benzene rings is 1. The molecule has 0 fully saturated rings. The Balaban J connectivity index is 3.73. The Labute approximate surface area is 86.8 Å². The molecule has 0 spiro atoms. The van der Waals surface area contributed by atoms with Crippen molar-refractivity contribution >= 4 is 15.9 Å². The number of hydrogen-bond donors (Lipinski definition) is 0. The van der Waals surface area contributed by atoms with Crippen LogP contribution >= 0.6 is 15.9 Å². The largest absolute Gasteiger partial charge is 0.197 e. The third kappa shape index (κ3) is 1.86. The van der Waals surface area contributed by atoms with Gasteiger partial charge in [0, 0.05) is 4.47 Å². The number of nitrogens with zero attached hydrogens (tertiary/aromatic N) is 1. The predicted molar refractivity (Wildman–Crippen MR) is 52.8 cm³/mol. The fraction of sp³-hybridized carbons (Fsp3) is 0.300. The summed E-state index contributed by atoms with van der Waals surface area (Å²) in [6, 6.07) is 1.35.